The Morgan fingerprint density at radius 2 is 1.93 bits per heavy atom. The second-order valence-corrected chi connectivity index (χ2v) is 10.3. The number of oxazole rings is 1. The van der Waals surface area contributed by atoms with Crippen molar-refractivity contribution in [3.05, 3.63) is 53.9 Å². The van der Waals surface area contributed by atoms with Gasteiger partial charge in [0.2, 0.25) is 5.89 Å². The zero-order valence-electron chi connectivity index (χ0n) is 16.8. The molecule has 0 aliphatic rings. The van der Waals surface area contributed by atoms with Crippen LogP contribution >= 0.6 is 11.3 Å². The van der Waals surface area contributed by atoms with Crippen LogP contribution < -0.4 is 10.6 Å². The highest BCUT2D eigenvalue weighted by Gasteiger charge is 2.20. The first-order valence-electron chi connectivity index (χ1n) is 9.32. The van der Waals surface area contributed by atoms with Crippen LogP contribution in [0.1, 0.15) is 38.0 Å². The van der Waals surface area contributed by atoms with E-state index in [4.69, 9.17) is 9.52 Å². The van der Waals surface area contributed by atoms with Gasteiger partial charge in [0, 0.05) is 24.2 Å². The van der Waals surface area contributed by atoms with Crippen molar-refractivity contribution in [2.75, 3.05) is 18.5 Å². The van der Waals surface area contributed by atoms with Gasteiger partial charge in [0.05, 0.1) is 29.8 Å². The Balaban J connectivity index is 1.57. The van der Waals surface area contributed by atoms with Crippen LogP contribution in [0.2, 0.25) is 0 Å². The molecule has 2 aromatic heterocycles. The fraction of sp³-hybridized carbons (Fsp3) is 0.400. The SMILES string of the molecule is CC(C)(C)c1cnc(CS(=O)c2cnc(Nc3ccc(CNCCO)cc3)s2)o1. The number of hydrogen-bond acceptors (Lipinski definition) is 8. The summed E-state index contributed by atoms with van der Waals surface area (Å²) in [6.07, 6.45) is 3.33. The monoisotopic (exact) mass is 434 g/mol. The molecule has 1 unspecified atom stereocenters. The lowest BCUT2D eigenvalue weighted by molar-refractivity contribution is 0.292. The van der Waals surface area contributed by atoms with Crippen LogP contribution in [0.5, 0.6) is 0 Å². The number of aliphatic hydroxyl groups is 1. The van der Waals surface area contributed by atoms with Crippen LogP contribution in [-0.4, -0.2) is 32.4 Å². The molecule has 0 spiro atoms. The van der Waals surface area contributed by atoms with Crippen LogP contribution in [0.15, 0.2) is 45.3 Å². The minimum atomic E-state index is -1.26. The van der Waals surface area contributed by atoms with Crippen molar-refractivity contribution in [3.8, 4) is 0 Å². The summed E-state index contributed by atoms with van der Waals surface area (Å²) < 4.78 is 19.0. The number of thiazole rings is 1. The summed E-state index contributed by atoms with van der Waals surface area (Å²) in [6.45, 7) is 7.55. The zero-order chi connectivity index (χ0) is 20.9. The molecule has 2 heterocycles. The van der Waals surface area contributed by atoms with Gasteiger partial charge in [-0.25, -0.2) is 9.97 Å². The minimum Gasteiger partial charge on any atom is -0.444 e. The molecule has 1 aromatic carbocycles. The van der Waals surface area contributed by atoms with E-state index in [9.17, 15) is 4.21 Å². The molecule has 3 N–H and O–H groups in total. The summed E-state index contributed by atoms with van der Waals surface area (Å²) in [5, 5.41) is 15.9. The van der Waals surface area contributed by atoms with Gasteiger partial charge >= 0.3 is 0 Å². The summed E-state index contributed by atoms with van der Waals surface area (Å²) >= 11 is 1.36. The number of benzene rings is 1. The summed E-state index contributed by atoms with van der Waals surface area (Å²) in [5.74, 6) is 1.49. The topological polar surface area (TPSA) is 100 Å². The lowest BCUT2D eigenvalue weighted by Gasteiger charge is -2.12. The van der Waals surface area contributed by atoms with Gasteiger partial charge in [0.1, 0.15) is 15.7 Å². The predicted octanol–water partition coefficient (Wildman–Crippen LogP) is 3.56. The maximum Gasteiger partial charge on any atom is 0.207 e. The second-order valence-electron chi connectivity index (χ2n) is 7.56. The fourth-order valence-corrected chi connectivity index (χ4v) is 4.50. The number of rotatable bonds is 9. The van der Waals surface area contributed by atoms with E-state index in [1.54, 1.807) is 12.4 Å². The summed E-state index contributed by atoms with van der Waals surface area (Å²) in [7, 11) is -1.26. The van der Waals surface area contributed by atoms with E-state index in [2.05, 4.69) is 20.6 Å². The number of nitrogens with one attached hydrogen (secondary N) is 2. The molecule has 0 fully saturated rings. The third-order valence-corrected chi connectivity index (χ3v) is 6.66. The van der Waals surface area contributed by atoms with Crippen LogP contribution in [0, 0.1) is 0 Å². The van der Waals surface area contributed by atoms with Crippen molar-refractivity contribution in [1.82, 2.24) is 15.3 Å². The van der Waals surface area contributed by atoms with E-state index in [0.29, 0.717) is 28.3 Å². The Labute approximate surface area is 177 Å². The third kappa shape index (κ3) is 6.20. The van der Waals surface area contributed by atoms with E-state index in [0.717, 1.165) is 17.0 Å². The van der Waals surface area contributed by atoms with Crippen molar-refractivity contribution < 1.29 is 13.7 Å². The average Bonchev–Trinajstić information content (AvgIpc) is 3.33. The lowest BCUT2D eigenvalue weighted by atomic mass is 9.94. The molecule has 0 saturated carbocycles. The number of anilines is 2. The Kier molecular flexibility index (Phi) is 7.18. The predicted molar refractivity (Wildman–Crippen MR) is 116 cm³/mol. The van der Waals surface area contributed by atoms with Crippen LogP contribution in [0.4, 0.5) is 10.8 Å². The lowest BCUT2D eigenvalue weighted by Crippen LogP contribution is -2.17. The highest BCUT2D eigenvalue weighted by molar-refractivity contribution is 7.86. The molecule has 7 nitrogen and oxygen atoms in total. The molecular weight excluding hydrogens is 408 g/mol. The highest BCUT2D eigenvalue weighted by atomic mass is 32.2. The Morgan fingerprint density at radius 1 is 1.17 bits per heavy atom. The second kappa shape index (κ2) is 9.62. The maximum absolute atomic E-state index is 12.6. The molecule has 0 radical (unpaired) electrons. The molecule has 156 valence electrons. The van der Waals surface area contributed by atoms with Crippen molar-refractivity contribution in [2.24, 2.45) is 0 Å². The number of nitrogens with zero attached hydrogens (tertiary/aromatic N) is 2. The standard InChI is InChI=1S/C20H26N4O3S2/c1-20(2,3)16-11-22-17(27-16)13-29(26)18-12-23-19(28-18)24-15-6-4-14(5-7-15)10-21-8-9-25/h4-7,11-12,21,25H,8-10,13H2,1-3H3,(H,23,24). The van der Waals surface area contributed by atoms with Crippen molar-refractivity contribution >= 4 is 33.0 Å². The van der Waals surface area contributed by atoms with E-state index >= 15 is 0 Å². The summed E-state index contributed by atoms with van der Waals surface area (Å²) in [4.78, 5) is 8.57. The summed E-state index contributed by atoms with van der Waals surface area (Å²) in [5.41, 5.74) is 1.91. The van der Waals surface area contributed by atoms with Gasteiger partial charge in [0.15, 0.2) is 5.13 Å². The van der Waals surface area contributed by atoms with Gasteiger partial charge in [-0.2, -0.15) is 0 Å². The molecule has 0 bridgehead atoms. The van der Waals surface area contributed by atoms with Gasteiger partial charge in [-0.1, -0.05) is 44.2 Å². The largest absolute Gasteiger partial charge is 0.444 e. The molecule has 3 aromatic rings. The van der Waals surface area contributed by atoms with Crippen molar-refractivity contribution in [2.45, 2.75) is 42.7 Å². The van der Waals surface area contributed by atoms with Crippen LogP contribution in [-0.2, 0) is 28.5 Å². The van der Waals surface area contributed by atoms with E-state index in [-0.39, 0.29) is 17.8 Å². The minimum absolute atomic E-state index is 0.126. The molecule has 1 atom stereocenters. The Morgan fingerprint density at radius 3 is 2.59 bits per heavy atom. The fourth-order valence-electron chi connectivity index (χ4n) is 2.47. The number of aliphatic hydroxyl groups excluding tert-OH is 1. The molecule has 29 heavy (non-hydrogen) atoms. The van der Waals surface area contributed by atoms with Crippen molar-refractivity contribution in [1.29, 1.82) is 0 Å². The molecule has 0 aliphatic carbocycles. The van der Waals surface area contributed by atoms with Gasteiger partial charge in [-0.15, -0.1) is 0 Å². The molecular formula is C20H26N4O3S2. The first kappa shape index (κ1) is 21.6. The first-order chi connectivity index (χ1) is 13.8. The Hall–Kier alpha value is -2.07. The van der Waals surface area contributed by atoms with Crippen LogP contribution in [0.25, 0.3) is 0 Å². The molecule has 9 heteroatoms. The number of hydrogen-bond donors (Lipinski definition) is 3. The molecule has 0 saturated heterocycles. The van der Waals surface area contributed by atoms with Crippen molar-refractivity contribution in [3.63, 3.8) is 0 Å². The van der Waals surface area contributed by atoms with E-state index in [1.807, 2.05) is 45.0 Å². The zero-order valence-corrected chi connectivity index (χ0v) is 18.4. The maximum atomic E-state index is 12.6. The van der Waals surface area contributed by atoms with E-state index < -0.39 is 10.8 Å². The van der Waals surface area contributed by atoms with Gasteiger partial charge in [-0.05, 0) is 17.7 Å². The molecule has 3 rings (SSSR count). The Bertz CT molecular complexity index is 945. The first-order valence-corrected chi connectivity index (χ1v) is 11.5. The molecule has 0 aliphatic heterocycles. The van der Waals surface area contributed by atoms with Crippen LogP contribution in [0.3, 0.4) is 0 Å². The molecule has 0 amide bonds. The number of aromatic nitrogens is 2. The highest BCUT2D eigenvalue weighted by Crippen LogP contribution is 2.27. The van der Waals surface area contributed by atoms with Gasteiger partial charge in [0.25, 0.3) is 0 Å². The average molecular weight is 435 g/mol. The quantitative estimate of drug-likeness (QED) is 0.443. The third-order valence-electron chi connectivity index (χ3n) is 4.08. The normalized spacial score (nSPS) is 12.8. The van der Waals surface area contributed by atoms with Gasteiger partial charge in [-0.3, -0.25) is 4.21 Å². The summed E-state index contributed by atoms with van der Waals surface area (Å²) in [6, 6.07) is 7.95. The van der Waals surface area contributed by atoms with Gasteiger partial charge < -0.3 is 20.2 Å². The van der Waals surface area contributed by atoms with E-state index in [1.165, 1.54) is 11.3 Å². The smallest absolute Gasteiger partial charge is 0.207 e.